The molecule has 0 spiro atoms. The van der Waals surface area contributed by atoms with Crippen molar-refractivity contribution in [1.82, 2.24) is 0 Å². The molecular formula is C32H36FNO. The van der Waals surface area contributed by atoms with E-state index in [1.54, 1.807) is 12.2 Å². The average molecular weight is 470 g/mol. The second kappa shape index (κ2) is 11.6. The maximum Gasteiger partial charge on any atom is 0.163 e. The quantitative estimate of drug-likeness (QED) is 0.291. The second-order valence-electron chi connectivity index (χ2n) is 10.4. The van der Waals surface area contributed by atoms with Gasteiger partial charge in [0.2, 0.25) is 0 Å². The molecule has 0 amide bonds. The fourth-order valence-corrected chi connectivity index (χ4v) is 5.38. The number of allylic oxidation sites excluding steroid dienone is 4. The Morgan fingerprint density at radius 1 is 1.14 bits per heavy atom. The van der Waals surface area contributed by atoms with Crippen LogP contribution in [0.3, 0.4) is 0 Å². The lowest BCUT2D eigenvalue weighted by atomic mass is 9.89. The third-order valence-corrected chi connectivity index (χ3v) is 7.60. The Morgan fingerprint density at radius 3 is 2.77 bits per heavy atom. The number of carbonyl (C=O) groups excluding carboxylic acids is 1. The number of halogens is 1. The van der Waals surface area contributed by atoms with Crippen LogP contribution < -0.4 is 0 Å². The van der Waals surface area contributed by atoms with Crippen LogP contribution in [0.2, 0.25) is 0 Å². The molecule has 2 nitrogen and oxygen atoms in total. The first kappa shape index (κ1) is 25.1. The molecule has 2 aliphatic carbocycles. The third kappa shape index (κ3) is 6.37. The number of carbonyl (C=O) groups is 1. The fourth-order valence-electron chi connectivity index (χ4n) is 5.38. The van der Waals surface area contributed by atoms with E-state index in [2.05, 4.69) is 26.0 Å². The van der Waals surface area contributed by atoms with E-state index >= 15 is 0 Å². The van der Waals surface area contributed by atoms with Gasteiger partial charge in [0.25, 0.3) is 0 Å². The molecule has 2 aromatic carbocycles. The molecule has 0 bridgehead atoms. The van der Waals surface area contributed by atoms with E-state index < -0.39 is 0 Å². The van der Waals surface area contributed by atoms with Gasteiger partial charge in [-0.15, -0.1) is 0 Å². The summed E-state index contributed by atoms with van der Waals surface area (Å²) in [5, 5.41) is 9.57. The third-order valence-electron chi connectivity index (χ3n) is 7.60. The molecule has 0 heterocycles. The highest BCUT2D eigenvalue weighted by Gasteiger charge is 2.40. The molecule has 182 valence electrons. The van der Waals surface area contributed by atoms with E-state index in [0.29, 0.717) is 29.7 Å². The summed E-state index contributed by atoms with van der Waals surface area (Å²) >= 11 is 0. The normalized spacial score (nSPS) is 19.3. The molecule has 0 radical (unpaired) electrons. The number of hydrogen-bond acceptors (Lipinski definition) is 2. The van der Waals surface area contributed by atoms with Gasteiger partial charge in [-0.1, -0.05) is 75.1 Å². The van der Waals surface area contributed by atoms with Gasteiger partial charge in [-0.25, -0.2) is 4.39 Å². The van der Waals surface area contributed by atoms with Gasteiger partial charge in [-0.3, -0.25) is 4.79 Å². The van der Waals surface area contributed by atoms with Crippen molar-refractivity contribution in [3.8, 4) is 17.2 Å². The van der Waals surface area contributed by atoms with Gasteiger partial charge in [-0.2, -0.15) is 5.26 Å². The van der Waals surface area contributed by atoms with Gasteiger partial charge in [0.15, 0.2) is 5.78 Å². The average Bonchev–Trinajstić information content (AvgIpc) is 3.65. The number of ketones is 1. The monoisotopic (exact) mass is 469 g/mol. The Balaban J connectivity index is 1.52. The van der Waals surface area contributed by atoms with Crippen LogP contribution in [0.15, 0.2) is 66.0 Å². The van der Waals surface area contributed by atoms with Crippen LogP contribution in [0, 0.1) is 29.1 Å². The van der Waals surface area contributed by atoms with Crippen molar-refractivity contribution >= 4 is 5.78 Å². The molecule has 2 aliphatic rings. The lowest BCUT2D eigenvalue weighted by molar-refractivity contribution is 0.0973. The molecule has 35 heavy (non-hydrogen) atoms. The zero-order valence-electron chi connectivity index (χ0n) is 21.0. The summed E-state index contributed by atoms with van der Waals surface area (Å²) < 4.78 is 13.9. The van der Waals surface area contributed by atoms with Crippen molar-refractivity contribution < 1.29 is 9.18 Å². The summed E-state index contributed by atoms with van der Waals surface area (Å²) in [5.74, 6) is 1.58. The summed E-state index contributed by atoms with van der Waals surface area (Å²) in [5.41, 5.74) is 5.57. The molecule has 0 aromatic heterocycles. The van der Waals surface area contributed by atoms with E-state index in [1.165, 1.54) is 24.8 Å². The number of nitrogens with zero attached hydrogens (tertiary/aromatic N) is 1. The number of hydrogen-bond donors (Lipinski definition) is 0. The lowest BCUT2D eigenvalue weighted by Crippen LogP contribution is -2.07. The van der Waals surface area contributed by atoms with Gasteiger partial charge < -0.3 is 0 Å². The molecule has 0 saturated heterocycles. The first-order valence-corrected chi connectivity index (χ1v) is 13.2. The maximum atomic E-state index is 13.9. The summed E-state index contributed by atoms with van der Waals surface area (Å²) in [7, 11) is 0. The summed E-state index contributed by atoms with van der Waals surface area (Å²) in [6.07, 6.45) is 12.1. The number of nitriles is 1. The molecule has 0 aliphatic heterocycles. The minimum Gasteiger partial charge on any atom is -0.294 e. The van der Waals surface area contributed by atoms with Crippen molar-refractivity contribution in [2.75, 3.05) is 0 Å². The van der Waals surface area contributed by atoms with Crippen LogP contribution in [0.5, 0.6) is 0 Å². The summed E-state index contributed by atoms with van der Waals surface area (Å²) in [4.78, 5) is 13.3. The van der Waals surface area contributed by atoms with Crippen LogP contribution in [-0.4, -0.2) is 5.78 Å². The predicted molar refractivity (Wildman–Crippen MR) is 141 cm³/mol. The highest BCUT2D eigenvalue weighted by molar-refractivity contribution is 5.98. The first-order chi connectivity index (χ1) is 17.0. The number of rotatable bonds is 12. The molecule has 2 unspecified atom stereocenters. The van der Waals surface area contributed by atoms with E-state index in [1.807, 2.05) is 36.4 Å². The van der Waals surface area contributed by atoms with E-state index in [-0.39, 0.29) is 11.6 Å². The lowest BCUT2D eigenvalue weighted by Gasteiger charge is -2.15. The Morgan fingerprint density at radius 2 is 1.97 bits per heavy atom. The highest BCUT2D eigenvalue weighted by atomic mass is 19.1. The molecule has 0 N–H and O–H groups in total. The first-order valence-electron chi connectivity index (χ1n) is 13.2. The van der Waals surface area contributed by atoms with Gasteiger partial charge in [0.05, 0.1) is 11.6 Å². The topological polar surface area (TPSA) is 40.9 Å². The molecule has 1 fully saturated rings. The minimum absolute atomic E-state index is 0.0954. The Hall–Kier alpha value is -2.99. The predicted octanol–water partition coefficient (Wildman–Crippen LogP) is 8.77. The fraction of sp³-hybridized carbons (Fsp3) is 0.438. The van der Waals surface area contributed by atoms with E-state index in [9.17, 15) is 14.4 Å². The van der Waals surface area contributed by atoms with Gasteiger partial charge in [-0.05, 0) is 84.8 Å². The van der Waals surface area contributed by atoms with Gasteiger partial charge in [0, 0.05) is 12.0 Å². The largest absolute Gasteiger partial charge is 0.294 e. The molecule has 2 aromatic rings. The SMILES string of the molecule is CCCC[C@@H](C)CCC(=O)c1ccc(-c2ccccc2C#N)cc1CCCC1=CC(F)=CC2CC12. The number of aryl methyl sites for hydroxylation is 1. The van der Waals surface area contributed by atoms with Crippen LogP contribution in [-0.2, 0) is 6.42 Å². The molecule has 3 heteroatoms. The van der Waals surface area contributed by atoms with Gasteiger partial charge in [0.1, 0.15) is 5.83 Å². The van der Waals surface area contributed by atoms with Crippen LogP contribution in [0.25, 0.3) is 11.1 Å². The van der Waals surface area contributed by atoms with E-state index in [0.717, 1.165) is 54.4 Å². The van der Waals surface area contributed by atoms with Crippen molar-refractivity contribution in [3.63, 3.8) is 0 Å². The van der Waals surface area contributed by atoms with E-state index in [4.69, 9.17) is 0 Å². The molecule has 3 atom stereocenters. The Labute approximate surface area is 209 Å². The van der Waals surface area contributed by atoms with Crippen molar-refractivity contribution in [1.29, 1.82) is 5.26 Å². The zero-order chi connectivity index (χ0) is 24.8. The summed E-state index contributed by atoms with van der Waals surface area (Å²) in [6, 6.07) is 15.9. The van der Waals surface area contributed by atoms with Crippen LogP contribution in [0.1, 0.15) is 86.7 Å². The minimum atomic E-state index is -0.0954. The van der Waals surface area contributed by atoms with Crippen LogP contribution >= 0.6 is 0 Å². The Bertz CT molecular complexity index is 1170. The summed E-state index contributed by atoms with van der Waals surface area (Å²) in [6.45, 7) is 4.44. The smallest absolute Gasteiger partial charge is 0.163 e. The maximum absolute atomic E-state index is 13.9. The molecule has 1 saturated carbocycles. The Kier molecular flexibility index (Phi) is 8.34. The number of fused-ring (bicyclic) bond motifs is 1. The van der Waals surface area contributed by atoms with Gasteiger partial charge >= 0.3 is 0 Å². The van der Waals surface area contributed by atoms with Crippen molar-refractivity contribution in [2.24, 2.45) is 17.8 Å². The zero-order valence-corrected chi connectivity index (χ0v) is 21.0. The number of benzene rings is 2. The number of unbranched alkanes of at least 4 members (excludes halogenated alkanes) is 1. The van der Waals surface area contributed by atoms with Crippen molar-refractivity contribution in [3.05, 3.63) is 82.7 Å². The second-order valence-corrected chi connectivity index (χ2v) is 10.4. The standard InChI is InChI=1S/C32H36FNO/c1-3-4-8-22(2)13-16-32(35)30-15-14-25(29-12-6-5-9-26(29)21-34)17-23(30)10-7-11-24-18-28(33)19-27-20-31(24)27/h5-6,9,12,14-15,17-19,22,27,31H,3-4,7-8,10-11,13,16,20H2,1-2H3/t22-,27?,31?/m1/s1. The van der Waals surface area contributed by atoms with Crippen molar-refractivity contribution in [2.45, 2.75) is 71.6 Å². The molecule has 4 rings (SSSR count). The van der Waals surface area contributed by atoms with Crippen LogP contribution in [0.4, 0.5) is 4.39 Å². The number of Topliss-reactive ketones (excluding diaryl/α,β-unsaturated/α-hetero) is 1. The molecular weight excluding hydrogens is 433 g/mol. The highest BCUT2D eigenvalue weighted by Crippen LogP contribution is 2.50.